The van der Waals surface area contributed by atoms with Gasteiger partial charge in [0.2, 0.25) is 11.8 Å². The molecule has 2 heterocycles. The van der Waals surface area contributed by atoms with Crippen LogP contribution in [0.15, 0.2) is 0 Å². The van der Waals surface area contributed by atoms with E-state index in [1.807, 2.05) is 16.1 Å². The molecule has 0 radical (unpaired) electrons. The van der Waals surface area contributed by atoms with E-state index in [1.165, 1.54) is 0 Å². The fourth-order valence-electron chi connectivity index (χ4n) is 3.57. The van der Waals surface area contributed by atoms with Gasteiger partial charge >= 0.3 is 0 Å². The predicted molar refractivity (Wildman–Crippen MR) is 88.7 cm³/mol. The summed E-state index contributed by atoms with van der Waals surface area (Å²) in [4.78, 5) is 27.9. The van der Waals surface area contributed by atoms with Crippen LogP contribution in [0.4, 0.5) is 0 Å². The van der Waals surface area contributed by atoms with Crippen LogP contribution in [0.25, 0.3) is 0 Å². The van der Waals surface area contributed by atoms with Crippen molar-refractivity contribution in [2.75, 3.05) is 38.2 Å². The number of amides is 2. The standard InChI is InChI=1S/C16H28N2O3S/c1-13(19)11-18-12-16(5-3-14(18)20)6-8-17(9-7-16)15(21)4-10-22-2/h13,19H,3-12H2,1-2H3/t13-/m0/s1. The molecule has 126 valence electrons. The summed E-state index contributed by atoms with van der Waals surface area (Å²) in [6.45, 7) is 4.51. The predicted octanol–water partition coefficient (Wildman–Crippen LogP) is 1.35. The lowest BCUT2D eigenvalue weighted by Gasteiger charge is -2.47. The molecule has 2 rings (SSSR count). The first kappa shape index (κ1) is 17.6. The summed E-state index contributed by atoms with van der Waals surface area (Å²) in [7, 11) is 0. The number of hydrogen-bond acceptors (Lipinski definition) is 4. The second kappa shape index (κ2) is 7.68. The van der Waals surface area contributed by atoms with Gasteiger partial charge in [0.1, 0.15) is 0 Å². The molecule has 22 heavy (non-hydrogen) atoms. The van der Waals surface area contributed by atoms with Crippen molar-refractivity contribution in [2.45, 2.75) is 45.1 Å². The summed E-state index contributed by atoms with van der Waals surface area (Å²) < 4.78 is 0. The lowest BCUT2D eigenvalue weighted by atomic mass is 9.72. The minimum absolute atomic E-state index is 0.152. The highest BCUT2D eigenvalue weighted by Crippen LogP contribution is 2.40. The van der Waals surface area contributed by atoms with E-state index >= 15 is 0 Å². The zero-order chi connectivity index (χ0) is 16.2. The molecule has 0 aromatic heterocycles. The van der Waals surface area contributed by atoms with Crippen molar-refractivity contribution in [2.24, 2.45) is 5.41 Å². The number of rotatable bonds is 5. The van der Waals surface area contributed by atoms with E-state index in [0.717, 1.165) is 44.6 Å². The Morgan fingerprint density at radius 1 is 1.36 bits per heavy atom. The number of carbonyl (C=O) groups is 2. The summed E-state index contributed by atoms with van der Waals surface area (Å²) in [5.74, 6) is 1.30. The summed E-state index contributed by atoms with van der Waals surface area (Å²) >= 11 is 1.71. The molecule has 1 atom stereocenters. The molecular formula is C16H28N2O3S. The Morgan fingerprint density at radius 3 is 2.64 bits per heavy atom. The van der Waals surface area contributed by atoms with E-state index in [1.54, 1.807) is 18.7 Å². The van der Waals surface area contributed by atoms with Crippen molar-refractivity contribution in [1.29, 1.82) is 0 Å². The number of likely N-dealkylation sites (tertiary alicyclic amines) is 2. The molecule has 2 aliphatic heterocycles. The Kier molecular flexibility index (Phi) is 6.15. The maximum atomic E-state index is 12.1. The Balaban J connectivity index is 1.89. The fourth-order valence-corrected chi connectivity index (χ4v) is 3.95. The lowest BCUT2D eigenvalue weighted by Crippen LogP contribution is -2.53. The number of hydrogen-bond donors (Lipinski definition) is 1. The van der Waals surface area contributed by atoms with Gasteiger partial charge in [-0.2, -0.15) is 11.8 Å². The zero-order valence-electron chi connectivity index (χ0n) is 13.7. The van der Waals surface area contributed by atoms with Crippen molar-refractivity contribution in [3.63, 3.8) is 0 Å². The molecule has 2 fully saturated rings. The summed E-state index contributed by atoms with van der Waals surface area (Å²) in [5, 5.41) is 9.56. The third kappa shape index (κ3) is 4.38. The van der Waals surface area contributed by atoms with Gasteiger partial charge in [-0.3, -0.25) is 9.59 Å². The van der Waals surface area contributed by atoms with E-state index in [-0.39, 0.29) is 17.2 Å². The second-order valence-corrected chi connectivity index (χ2v) is 7.73. The first-order chi connectivity index (χ1) is 10.5. The Bertz CT molecular complexity index is 406. The number of nitrogens with zero attached hydrogens (tertiary/aromatic N) is 2. The van der Waals surface area contributed by atoms with Crippen LogP contribution in [-0.2, 0) is 9.59 Å². The third-order valence-corrected chi connectivity index (χ3v) is 5.54. The van der Waals surface area contributed by atoms with Gasteiger partial charge in [-0.25, -0.2) is 0 Å². The van der Waals surface area contributed by atoms with E-state index in [2.05, 4.69) is 0 Å². The molecule has 0 saturated carbocycles. The van der Waals surface area contributed by atoms with Gasteiger partial charge in [0, 0.05) is 44.8 Å². The zero-order valence-corrected chi connectivity index (χ0v) is 14.5. The number of thioether (sulfide) groups is 1. The first-order valence-corrected chi connectivity index (χ1v) is 9.58. The van der Waals surface area contributed by atoms with Crippen molar-refractivity contribution < 1.29 is 14.7 Å². The molecule has 5 nitrogen and oxygen atoms in total. The van der Waals surface area contributed by atoms with Gasteiger partial charge in [0.05, 0.1) is 6.10 Å². The summed E-state index contributed by atoms with van der Waals surface area (Å²) in [6.07, 6.45) is 5.62. The van der Waals surface area contributed by atoms with Crippen LogP contribution in [0.2, 0.25) is 0 Å². The summed E-state index contributed by atoms with van der Waals surface area (Å²) in [6, 6.07) is 0. The normalized spacial score (nSPS) is 23.0. The number of piperidine rings is 2. The topological polar surface area (TPSA) is 60.9 Å². The van der Waals surface area contributed by atoms with E-state index in [4.69, 9.17) is 0 Å². The lowest BCUT2D eigenvalue weighted by molar-refractivity contribution is -0.143. The highest BCUT2D eigenvalue weighted by Gasteiger charge is 2.41. The number of aliphatic hydroxyl groups is 1. The molecule has 1 N–H and O–H groups in total. The highest BCUT2D eigenvalue weighted by atomic mass is 32.2. The molecular weight excluding hydrogens is 300 g/mol. The van der Waals surface area contributed by atoms with E-state index in [9.17, 15) is 14.7 Å². The van der Waals surface area contributed by atoms with Gasteiger partial charge < -0.3 is 14.9 Å². The SMILES string of the molecule is CSCCC(=O)N1CCC2(CCC(=O)N(C[C@H](C)O)C2)CC1. The highest BCUT2D eigenvalue weighted by molar-refractivity contribution is 7.98. The minimum Gasteiger partial charge on any atom is -0.392 e. The summed E-state index contributed by atoms with van der Waals surface area (Å²) in [5.41, 5.74) is 0.152. The fraction of sp³-hybridized carbons (Fsp3) is 0.875. The number of β-amino-alcohol motifs (C(OH)–C–C–N with tert-alkyl or cyclic N) is 1. The van der Waals surface area contributed by atoms with Gasteiger partial charge in [-0.05, 0) is 37.9 Å². The monoisotopic (exact) mass is 328 g/mol. The average Bonchev–Trinajstić information content (AvgIpc) is 2.49. The van der Waals surface area contributed by atoms with Gasteiger partial charge in [0.25, 0.3) is 0 Å². The van der Waals surface area contributed by atoms with Crippen LogP contribution in [0.1, 0.15) is 39.0 Å². The Morgan fingerprint density at radius 2 is 2.05 bits per heavy atom. The maximum absolute atomic E-state index is 12.1. The quantitative estimate of drug-likeness (QED) is 0.828. The maximum Gasteiger partial charge on any atom is 0.223 e. The third-order valence-electron chi connectivity index (χ3n) is 4.93. The van der Waals surface area contributed by atoms with Gasteiger partial charge in [0.15, 0.2) is 0 Å². The molecule has 2 aliphatic rings. The first-order valence-electron chi connectivity index (χ1n) is 8.18. The van der Waals surface area contributed by atoms with Crippen LogP contribution < -0.4 is 0 Å². The average molecular weight is 328 g/mol. The van der Waals surface area contributed by atoms with Crippen LogP contribution in [0.3, 0.4) is 0 Å². The second-order valence-electron chi connectivity index (χ2n) is 6.75. The molecule has 1 spiro atoms. The Labute approximate surface area is 137 Å². The van der Waals surface area contributed by atoms with Crippen molar-refractivity contribution >= 4 is 23.6 Å². The number of aliphatic hydroxyl groups excluding tert-OH is 1. The molecule has 6 heteroatoms. The van der Waals surface area contributed by atoms with Crippen molar-refractivity contribution in [1.82, 2.24) is 9.80 Å². The van der Waals surface area contributed by atoms with Crippen LogP contribution in [-0.4, -0.2) is 71.0 Å². The molecule has 2 amide bonds. The van der Waals surface area contributed by atoms with Crippen LogP contribution in [0.5, 0.6) is 0 Å². The van der Waals surface area contributed by atoms with E-state index < -0.39 is 6.10 Å². The molecule has 0 aromatic rings. The minimum atomic E-state index is -0.479. The van der Waals surface area contributed by atoms with Crippen LogP contribution in [0, 0.1) is 5.41 Å². The smallest absolute Gasteiger partial charge is 0.223 e. The molecule has 0 aromatic carbocycles. The molecule has 0 unspecified atom stereocenters. The molecule has 0 bridgehead atoms. The Hall–Kier alpha value is -0.750. The van der Waals surface area contributed by atoms with E-state index in [0.29, 0.717) is 19.4 Å². The van der Waals surface area contributed by atoms with Crippen molar-refractivity contribution in [3.8, 4) is 0 Å². The van der Waals surface area contributed by atoms with Gasteiger partial charge in [-0.15, -0.1) is 0 Å². The van der Waals surface area contributed by atoms with Crippen molar-refractivity contribution in [3.05, 3.63) is 0 Å². The molecule has 2 saturated heterocycles. The largest absolute Gasteiger partial charge is 0.392 e. The van der Waals surface area contributed by atoms with Gasteiger partial charge in [-0.1, -0.05) is 0 Å². The molecule has 0 aliphatic carbocycles. The number of carbonyl (C=O) groups excluding carboxylic acids is 2. The van der Waals surface area contributed by atoms with Crippen LogP contribution >= 0.6 is 11.8 Å².